The van der Waals surface area contributed by atoms with E-state index in [0.29, 0.717) is 5.82 Å². The summed E-state index contributed by atoms with van der Waals surface area (Å²) in [5, 5.41) is 5.06. The molecule has 0 spiro atoms. The Labute approximate surface area is 311 Å². The first-order valence-corrected chi connectivity index (χ1v) is 19.0. The Bertz CT molecular complexity index is 3090. The van der Waals surface area contributed by atoms with E-state index in [1.54, 1.807) is 0 Å². The molecule has 0 amide bonds. The van der Waals surface area contributed by atoms with Crippen molar-refractivity contribution < 1.29 is 0 Å². The lowest BCUT2D eigenvalue weighted by molar-refractivity contribution is 0.666. The van der Waals surface area contributed by atoms with E-state index in [2.05, 4.69) is 182 Å². The van der Waals surface area contributed by atoms with Gasteiger partial charge in [-0.3, -0.25) is 4.57 Å². The Kier molecular flexibility index (Phi) is 6.47. The molecule has 1 aliphatic rings. The van der Waals surface area contributed by atoms with Crippen LogP contribution in [0, 0.1) is 0 Å². The number of aromatic nitrogens is 3. The average molecular weight is 696 g/mol. The molecule has 4 heteroatoms. The van der Waals surface area contributed by atoms with Crippen molar-refractivity contribution in [1.82, 2.24) is 14.5 Å². The Morgan fingerprint density at radius 2 is 1.21 bits per heavy atom. The summed E-state index contributed by atoms with van der Waals surface area (Å²) in [5.74, 6) is 1.56. The van der Waals surface area contributed by atoms with Crippen LogP contribution >= 0.6 is 11.3 Å². The lowest BCUT2D eigenvalue weighted by Crippen LogP contribution is -2.15. The Hall–Kier alpha value is -6.36. The molecule has 3 nitrogen and oxygen atoms in total. The van der Waals surface area contributed by atoms with Crippen LogP contribution in [0.3, 0.4) is 0 Å². The first-order chi connectivity index (χ1) is 26.0. The standard InChI is InChI=1S/C49H33N3S/c1-49(2)39-23-9-6-18-33(39)35-26-27-42-45(46(35)49)38-20-7-10-24-41(38)52(42)44-29-40(37-22-13-21-36-34-19-8-11-25-43(34)53-47(36)37)50-48(51-44)32-17-12-16-31(28-32)30-14-4-3-5-15-30/h3-29H,1-2H3. The number of para-hydroxylation sites is 1. The predicted molar refractivity (Wildman–Crippen MR) is 223 cm³/mol. The van der Waals surface area contributed by atoms with Crippen molar-refractivity contribution in [1.29, 1.82) is 0 Å². The molecular weight excluding hydrogens is 663 g/mol. The molecular formula is C49H33N3S. The fraction of sp³-hybridized carbons (Fsp3) is 0.0612. The highest BCUT2D eigenvalue weighted by Crippen LogP contribution is 2.53. The maximum Gasteiger partial charge on any atom is 0.162 e. The second-order valence-electron chi connectivity index (χ2n) is 14.6. The molecule has 11 rings (SSSR count). The Balaban J connectivity index is 1.21. The van der Waals surface area contributed by atoms with Crippen molar-refractivity contribution in [2.24, 2.45) is 0 Å². The van der Waals surface area contributed by atoms with Crippen LogP contribution in [0.25, 0.3) is 92.7 Å². The van der Waals surface area contributed by atoms with Crippen LogP contribution in [0.5, 0.6) is 0 Å². The van der Waals surface area contributed by atoms with Crippen LogP contribution in [0.1, 0.15) is 25.0 Å². The monoisotopic (exact) mass is 695 g/mol. The van der Waals surface area contributed by atoms with Gasteiger partial charge in [0.1, 0.15) is 5.82 Å². The predicted octanol–water partition coefficient (Wildman–Crippen LogP) is 13.2. The summed E-state index contributed by atoms with van der Waals surface area (Å²) >= 11 is 1.83. The zero-order chi connectivity index (χ0) is 35.3. The quantitative estimate of drug-likeness (QED) is 0.183. The first kappa shape index (κ1) is 30.3. The molecule has 0 bridgehead atoms. The van der Waals surface area contributed by atoms with Gasteiger partial charge in [-0.05, 0) is 57.6 Å². The minimum Gasteiger partial charge on any atom is -0.294 e. The smallest absolute Gasteiger partial charge is 0.162 e. The van der Waals surface area contributed by atoms with E-state index in [9.17, 15) is 0 Å². The van der Waals surface area contributed by atoms with Crippen LogP contribution in [-0.2, 0) is 5.41 Å². The highest BCUT2D eigenvalue weighted by Gasteiger charge is 2.38. The number of nitrogens with zero attached hydrogens (tertiary/aromatic N) is 3. The summed E-state index contributed by atoms with van der Waals surface area (Å²) in [7, 11) is 0. The molecule has 250 valence electrons. The molecule has 0 saturated heterocycles. The van der Waals surface area contributed by atoms with Gasteiger partial charge in [0.25, 0.3) is 0 Å². The van der Waals surface area contributed by atoms with Gasteiger partial charge in [-0.25, -0.2) is 9.97 Å². The van der Waals surface area contributed by atoms with E-state index in [-0.39, 0.29) is 5.41 Å². The number of hydrogen-bond acceptors (Lipinski definition) is 3. The molecule has 0 N–H and O–H groups in total. The molecule has 10 aromatic rings. The van der Waals surface area contributed by atoms with Gasteiger partial charge in [-0.15, -0.1) is 11.3 Å². The number of hydrogen-bond donors (Lipinski definition) is 0. The van der Waals surface area contributed by atoms with Gasteiger partial charge < -0.3 is 0 Å². The summed E-state index contributed by atoms with van der Waals surface area (Å²) in [6.45, 7) is 4.74. The first-order valence-electron chi connectivity index (χ1n) is 18.2. The van der Waals surface area contributed by atoms with E-state index in [1.807, 2.05) is 11.3 Å². The van der Waals surface area contributed by atoms with Crippen molar-refractivity contribution in [2.75, 3.05) is 0 Å². The van der Waals surface area contributed by atoms with Crippen LogP contribution < -0.4 is 0 Å². The highest BCUT2D eigenvalue weighted by atomic mass is 32.1. The van der Waals surface area contributed by atoms with Crippen molar-refractivity contribution in [2.45, 2.75) is 19.3 Å². The van der Waals surface area contributed by atoms with Crippen LogP contribution in [-0.4, -0.2) is 14.5 Å². The average Bonchev–Trinajstić information content (AvgIpc) is 3.84. The summed E-state index contributed by atoms with van der Waals surface area (Å²) in [5.41, 5.74) is 12.8. The molecule has 0 fully saturated rings. The maximum absolute atomic E-state index is 5.45. The molecule has 7 aromatic carbocycles. The lowest BCUT2D eigenvalue weighted by atomic mass is 9.80. The fourth-order valence-electron chi connectivity index (χ4n) is 8.81. The molecule has 3 heterocycles. The minimum absolute atomic E-state index is 0.156. The van der Waals surface area contributed by atoms with Gasteiger partial charge in [0, 0.05) is 53.6 Å². The zero-order valence-electron chi connectivity index (χ0n) is 29.3. The lowest BCUT2D eigenvalue weighted by Gasteiger charge is -2.22. The molecule has 0 unspecified atom stereocenters. The SMILES string of the molecule is CC1(C)c2ccccc2-c2ccc3c(c21)c1ccccc1n3-c1cc(-c2cccc3c2sc2ccccc23)nc(-c2cccc(-c3ccccc3)c2)n1. The third-order valence-electron chi connectivity index (χ3n) is 11.2. The number of rotatable bonds is 4. The Morgan fingerprint density at radius 3 is 2.11 bits per heavy atom. The summed E-state index contributed by atoms with van der Waals surface area (Å²) in [6.07, 6.45) is 0. The molecule has 0 aliphatic heterocycles. The van der Waals surface area contributed by atoms with Gasteiger partial charge in [-0.1, -0.05) is 147 Å². The van der Waals surface area contributed by atoms with Crippen LogP contribution in [0.2, 0.25) is 0 Å². The molecule has 0 saturated carbocycles. The minimum atomic E-state index is -0.156. The van der Waals surface area contributed by atoms with Gasteiger partial charge in [0.2, 0.25) is 0 Å². The van der Waals surface area contributed by atoms with Gasteiger partial charge >= 0.3 is 0 Å². The summed E-state index contributed by atoms with van der Waals surface area (Å²) in [6, 6.07) is 59.0. The molecule has 0 atom stereocenters. The van der Waals surface area contributed by atoms with Crippen molar-refractivity contribution in [3.05, 3.63) is 175 Å². The van der Waals surface area contributed by atoms with Crippen molar-refractivity contribution >= 4 is 53.3 Å². The molecule has 1 aliphatic carbocycles. The van der Waals surface area contributed by atoms with E-state index in [4.69, 9.17) is 9.97 Å². The number of fused-ring (bicyclic) bond motifs is 10. The van der Waals surface area contributed by atoms with Gasteiger partial charge in [0.05, 0.1) is 16.7 Å². The van der Waals surface area contributed by atoms with E-state index in [1.165, 1.54) is 58.8 Å². The number of benzene rings is 7. The third kappa shape index (κ3) is 4.46. The van der Waals surface area contributed by atoms with Gasteiger partial charge in [-0.2, -0.15) is 0 Å². The Morgan fingerprint density at radius 1 is 0.509 bits per heavy atom. The van der Waals surface area contributed by atoms with Crippen LogP contribution in [0.4, 0.5) is 0 Å². The van der Waals surface area contributed by atoms with Crippen molar-refractivity contribution in [3.8, 4) is 50.7 Å². The molecule has 53 heavy (non-hydrogen) atoms. The second kappa shape index (κ2) is 11.3. The topological polar surface area (TPSA) is 30.7 Å². The van der Waals surface area contributed by atoms with E-state index >= 15 is 0 Å². The second-order valence-corrected chi connectivity index (χ2v) is 15.6. The maximum atomic E-state index is 5.45. The third-order valence-corrected chi connectivity index (χ3v) is 12.4. The zero-order valence-corrected chi connectivity index (χ0v) is 30.2. The van der Waals surface area contributed by atoms with Crippen molar-refractivity contribution in [3.63, 3.8) is 0 Å². The van der Waals surface area contributed by atoms with E-state index in [0.717, 1.165) is 39.2 Å². The van der Waals surface area contributed by atoms with E-state index < -0.39 is 0 Å². The van der Waals surface area contributed by atoms with Gasteiger partial charge in [0.15, 0.2) is 5.82 Å². The van der Waals surface area contributed by atoms with Crippen LogP contribution in [0.15, 0.2) is 164 Å². The number of thiophene rings is 1. The largest absolute Gasteiger partial charge is 0.294 e. The molecule has 0 radical (unpaired) electrons. The summed E-state index contributed by atoms with van der Waals surface area (Å²) < 4.78 is 4.88. The fourth-order valence-corrected chi connectivity index (χ4v) is 10.0. The molecule has 3 aromatic heterocycles. The highest BCUT2D eigenvalue weighted by molar-refractivity contribution is 7.26. The summed E-state index contributed by atoms with van der Waals surface area (Å²) in [4.78, 5) is 10.8. The normalized spacial score (nSPS) is 13.2.